The van der Waals surface area contributed by atoms with E-state index in [0.29, 0.717) is 34.1 Å². The van der Waals surface area contributed by atoms with E-state index in [0.717, 1.165) is 0 Å². The number of benzene rings is 2. The summed E-state index contributed by atoms with van der Waals surface area (Å²) in [5.74, 6) is 0.196. The standard InChI is InChI=1S/C20H16N4O5/c1-28-12-7-5-11(6-8-12)15-9-16(24-20(27)23-15)19(26)22-14-4-2-3-13-18(14)29-10-17(25)21-13/h2-9H,10H2,1H3,(H,21,25)(H,22,26)(H,23,24,27). The molecule has 0 atom stereocenters. The summed E-state index contributed by atoms with van der Waals surface area (Å²) in [7, 11) is 1.56. The van der Waals surface area contributed by atoms with E-state index in [1.54, 1.807) is 49.6 Å². The Labute approximate surface area is 164 Å². The van der Waals surface area contributed by atoms with Gasteiger partial charge in [0.05, 0.1) is 24.2 Å². The van der Waals surface area contributed by atoms with Crippen molar-refractivity contribution in [3.05, 3.63) is 64.7 Å². The average molecular weight is 392 g/mol. The van der Waals surface area contributed by atoms with Crippen LogP contribution in [0.3, 0.4) is 0 Å². The minimum atomic E-state index is -0.651. The Morgan fingerprint density at radius 3 is 2.72 bits per heavy atom. The first-order valence-corrected chi connectivity index (χ1v) is 8.66. The largest absolute Gasteiger partial charge is 0.497 e. The van der Waals surface area contributed by atoms with Gasteiger partial charge in [0.25, 0.3) is 11.8 Å². The molecule has 0 aliphatic carbocycles. The summed E-state index contributed by atoms with van der Waals surface area (Å²) in [5.41, 5.74) is 1.22. The molecule has 9 heteroatoms. The number of H-pyrrole nitrogens is 1. The highest BCUT2D eigenvalue weighted by atomic mass is 16.5. The van der Waals surface area contributed by atoms with Crippen LogP contribution in [0.4, 0.5) is 11.4 Å². The maximum absolute atomic E-state index is 12.7. The van der Waals surface area contributed by atoms with Crippen molar-refractivity contribution in [1.29, 1.82) is 0 Å². The zero-order valence-corrected chi connectivity index (χ0v) is 15.3. The lowest BCUT2D eigenvalue weighted by Gasteiger charge is -2.20. The number of aromatic amines is 1. The van der Waals surface area contributed by atoms with E-state index < -0.39 is 11.6 Å². The monoisotopic (exact) mass is 392 g/mol. The summed E-state index contributed by atoms with van der Waals surface area (Å²) in [6.45, 7) is -0.145. The van der Waals surface area contributed by atoms with E-state index in [1.165, 1.54) is 6.07 Å². The van der Waals surface area contributed by atoms with Gasteiger partial charge in [-0.2, -0.15) is 4.98 Å². The van der Waals surface area contributed by atoms with Gasteiger partial charge < -0.3 is 25.1 Å². The van der Waals surface area contributed by atoms with E-state index in [4.69, 9.17) is 9.47 Å². The third kappa shape index (κ3) is 3.79. The summed E-state index contributed by atoms with van der Waals surface area (Å²) in [5, 5.41) is 5.36. The van der Waals surface area contributed by atoms with Gasteiger partial charge in [0.2, 0.25) is 0 Å². The molecular weight excluding hydrogens is 376 g/mol. The molecule has 0 bridgehead atoms. The number of aromatic nitrogens is 2. The second-order valence-electron chi connectivity index (χ2n) is 6.19. The highest BCUT2D eigenvalue weighted by molar-refractivity contribution is 6.06. The molecule has 4 rings (SSSR count). The summed E-state index contributed by atoms with van der Waals surface area (Å²) >= 11 is 0. The number of carbonyl (C=O) groups excluding carboxylic acids is 2. The van der Waals surface area contributed by atoms with Gasteiger partial charge in [-0.05, 0) is 42.5 Å². The number of rotatable bonds is 4. The molecule has 2 heterocycles. The highest BCUT2D eigenvalue weighted by Crippen LogP contribution is 2.35. The van der Waals surface area contributed by atoms with Crippen LogP contribution in [-0.2, 0) is 4.79 Å². The summed E-state index contributed by atoms with van der Waals surface area (Å²) in [6, 6.07) is 13.4. The van der Waals surface area contributed by atoms with Crippen molar-refractivity contribution >= 4 is 23.2 Å². The molecule has 3 N–H and O–H groups in total. The second-order valence-corrected chi connectivity index (χ2v) is 6.19. The topological polar surface area (TPSA) is 122 Å². The average Bonchev–Trinajstić information content (AvgIpc) is 2.73. The molecule has 146 valence electrons. The van der Waals surface area contributed by atoms with Crippen LogP contribution < -0.4 is 25.8 Å². The molecule has 0 saturated carbocycles. The highest BCUT2D eigenvalue weighted by Gasteiger charge is 2.21. The van der Waals surface area contributed by atoms with Gasteiger partial charge in [-0.1, -0.05) is 6.07 Å². The number of carbonyl (C=O) groups is 2. The lowest BCUT2D eigenvalue weighted by molar-refractivity contribution is -0.118. The first kappa shape index (κ1) is 18.2. The summed E-state index contributed by atoms with van der Waals surface area (Å²) in [4.78, 5) is 42.5. The predicted molar refractivity (Wildman–Crippen MR) is 105 cm³/mol. The molecule has 1 aromatic heterocycles. The van der Waals surface area contributed by atoms with Crippen LogP contribution in [0.1, 0.15) is 10.5 Å². The van der Waals surface area contributed by atoms with Crippen LogP contribution in [-0.4, -0.2) is 35.5 Å². The number of nitrogens with one attached hydrogen (secondary N) is 3. The molecule has 1 aliphatic heterocycles. The molecule has 2 amide bonds. The van der Waals surface area contributed by atoms with Crippen molar-refractivity contribution in [2.45, 2.75) is 0 Å². The Hall–Kier alpha value is -4.14. The fourth-order valence-corrected chi connectivity index (χ4v) is 2.89. The van der Waals surface area contributed by atoms with Gasteiger partial charge in [-0.25, -0.2) is 4.79 Å². The number of fused-ring (bicyclic) bond motifs is 1. The molecule has 0 spiro atoms. The Kier molecular flexibility index (Phi) is 4.70. The lowest BCUT2D eigenvalue weighted by Crippen LogP contribution is -2.27. The number of hydrogen-bond acceptors (Lipinski definition) is 6. The molecule has 2 aromatic carbocycles. The van der Waals surface area contributed by atoms with Crippen LogP contribution >= 0.6 is 0 Å². The van der Waals surface area contributed by atoms with Gasteiger partial charge in [-0.3, -0.25) is 9.59 Å². The van der Waals surface area contributed by atoms with Crippen molar-refractivity contribution < 1.29 is 19.1 Å². The number of anilines is 2. The molecule has 29 heavy (non-hydrogen) atoms. The number of hydrogen-bond donors (Lipinski definition) is 3. The second kappa shape index (κ2) is 7.47. The molecule has 3 aromatic rings. The number of nitrogens with zero attached hydrogens (tertiary/aromatic N) is 1. The Balaban J connectivity index is 1.63. The molecule has 0 saturated heterocycles. The van der Waals surface area contributed by atoms with Crippen LogP contribution in [0.2, 0.25) is 0 Å². The fraction of sp³-hybridized carbons (Fsp3) is 0.100. The van der Waals surface area contributed by atoms with E-state index in [1.807, 2.05) is 0 Å². The number of amides is 2. The zero-order valence-electron chi connectivity index (χ0n) is 15.3. The third-order valence-electron chi connectivity index (χ3n) is 4.26. The number of ether oxygens (including phenoxy) is 2. The molecule has 0 unspecified atom stereocenters. The maximum Gasteiger partial charge on any atom is 0.346 e. The van der Waals surface area contributed by atoms with Crippen molar-refractivity contribution in [3.63, 3.8) is 0 Å². The predicted octanol–water partition coefficient (Wildman–Crippen LogP) is 2.03. The number of methoxy groups -OCH3 is 1. The maximum atomic E-state index is 12.7. The molecule has 1 aliphatic rings. The van der Waals surface area contributed by atoms with Crippen molar-refractivity contribution in [1.82, 2.24) is 9.97 Å². The van der Waals surface area contributed by atoms with Gasteiger partial charge >= 0.3 is 5.69 Å². The normalized spacial score (nSPS) is 12.4. The van der Waals surface area contributed by atoms with Crippen molar-refractivity contribution in [3.8, 4) is 22.8 Å². The molecule has 0 radical (unpaired) electrons. The van der Waals surface area contributed by atoms with E-state index in [-0.39, 0.29) is 18.2 Å². The first-order valence-electron chi connectivity index (χ1n) is 8.66. The smallest absolute Gasteiger partial charge is 0.346 e. The Morgan fingerprint density at radius 1 is 1.17 bits per heavy atom. The molecule has 0 fully saturated rings. The quantitative estimate of drug-likeness (QED) is 0.624. The Morgan fingerprint density at radius 2 is 1.97 bits per heavy atom. The van der Waals surface area contributed by atoms with Crippen molar-refractivity contribution in [2.24, 2.45) is 0 Å². The summed E-state index contributed by atoms with van der Waals surface area (Å²) in [6.07, 6.45) is 0. The first-order chi connectivity index (χ1) is 14.0. The van der Waals surface area contributed by atoms with Crippen LogP contribution in [0, 0.1) is 0 Å². The van der Waals surface area contributed by atoms with Gasteiger partial charge in [0, 0.05) is 5.56 Å². The van der Waals surface area contributed by atoms with E-state index in [2.05, 4.69) is 20.6 Å². The lowest BCUT2D eigenvalue weighted by atomic mass is 10.1. The fourth-order valence-electron chi connectivity index (χ4n) is 2.89. The van der Waals surface area contributed by atoms with E-state index >= 15 is 0 Å². The SMILES string of the molecule is COc1ccc(-c2cc(C(=O)Nc3cccc4c3OCC(=O)N4)[nH]c(=O)n2)cc1. The van der Waals surface area contributed by atoms with E-state index in [9.17, 15) is 14.4 Å². The third-order valence-corrected chi connectivity index (χ3v) is 4.26. The molecular formula is C20H16N4O5. The summed E-state index contributed by atoms with van der Waals surface area (Å²) < 4.78 is 10.5. The number of para-hydroxylation sites is 1. The Bertz CT molecular complexity index is 1150. The van der Waals surface area contributed by atoms with Crippen molar-refractivity contribution in [2.75, 3.05) is 24.4 Å². The van der Waals surface area contributed by atoms with Gasteiger partial charge in [-0.15, -0.1) is 0 Å². The minimum Gasteiger partial charge on any atom is -0.497 e. The van der Waals surface area contributed by atoms with Crippen LogP contribution in [0.15, 0.2) is 53.3 Å². The van der Waals surface area contributed by atoms with Crippen LogP contribution in [0.25, 0.3) is 11.3 Å². The molecule has 9 nitrogen and oxygen atoms in total. The van der Waals surface area contributed by atoms with Gasteiger partial charge in [0.15, 0.2) is 12.4 Å². The minimum absolute atomic E-state index is 0.0354. The zero-order chi connectivity index (χ0) is 20.4. The van der Waals surface area contributed by atoms with Gasteiger partial charge in [0.1, 0.15) is 11.4 Å². The van der Waals surface area contributed by atoms with Crippen LogP contribution in [0.5, 0.6) is 11.5 Å².